The first-order chi connectivity index (χ1) is 11.3. The molecule has 25 heavy (non-hydrogen) atoms. The highest BCUT2D eigenvalue weighted by molar-refractivity contribution is 14.0. The van der Waals surface area contributed by atoms with Crippen molar-refractivity contribution < 1.29 is 23.0 Å². The minimum atomic E-state index is -4.28. The lowest BCUT2D eigenvalue weighted by Crippen LogP contribution is -2.38. The number of rotatable bonds is 12. The van der Waals surface area contributed by atoms with Gasteiger partial charge in [0.1, 0.15) is 6.61 Å². The molecule has 0 radical (unpaired) electrons. The predicted molar refractivity (Wildman–Crippen MR) is 106 cm³/mol. The predicted octanol–water partition coefficient (Wildman–Crippen LogP) is 3.17. The molecule has 0 aliphatic heterocycles. The smallest absolute Gasteiger partial charge is 0.396 e. The van der Waals surface area contributed by atoms with Gasteiger partial charge in [-0.2, -0.15) is 13.2 Å². The summed E-state index contributed by atoms with van der Waals surface area (Å²) in [7, 11) is 0. The Morgan fingerprint density at radius 2 is 1.92 bits per heavy atom. The summed E-state index contributed by atoms with van der Waals surface area (Å²) in [6.45, 7) is 7.00. The molecule has 152 valence electrons. The number of nitrogens with zero attached hydrogens (tertiary/aromatic N) is 1. The Labute approximate surface area is 166 Å². The van der Waals surface area contributed by atoms with Gasteiger partial charge in [0, 0.05) is 32.8 Å². The number of guanidine groups is 1. The van der Waals surface area contributed by atoms with Gasteiger partial charge in [-0.3, -0.25) is 4.99 Å². The van der Waals surface area contributed by atoms with E-state index in [2.05, 4.69) is 34.2 Å². The third kappa shape index (κ3) is 18.3. The topological polar surface area (TPSA) is 65.9 Å². The highest BCUT2D eigenvalue weighted by Crippen LogP contribution is 2.15. The highest BCUT2D eigenvalue weighted by Gasteiger charge is 2.27. The molecule has 0 saturated heterocycles. The summed E-state index contributed by atoms with van der Waals surface area (Å²) in [5.41, 5.74) is 0. The average molecular weight is 483 g/mol. The van der Waals surface area contributed by atoms with Gasteiger partial charge in [0.2, 0.25) is 0 Å². The molecule has 0 bridgehead atoms. The second kappa shape index (κ2) is 15.9. The fourth-order valence-corrected chi connectivity index (χ4v) is 2.26. The maximum absolute atomic E-state index is 11.9. The van der Waals surface area contributed by atoms with Crippen LogP contribution in [-0.4, -0.2) is 56.7 Å². The number of aliphatic imine (C=N–C) groups is 1. The number of hydrogen-bond acceptors (Lipinski definition) is 3. The summed E-state index contributed by atoms with van der Waals surface area (Å²) >= 11 is 0. The minimum Gasteiger partial charge on any atom is -0.396 e. The fourth-order valence-electron chi connectivity index (χ4n) is 2.26. The average Bonchev–Trinajstić information content (AvgIpc) is 2.46. The molecule has 0 aliphatic carbocycles. The number of ether oxygens (including phenoxy) is 1. The van der Waals surface area contributed by atoms with Crippen LogP contribution < -0.4 is 10.6 Å². The maximum Gasteiger partial charge on any atom is 0.411 e. The molecule has 5 nitrogen and oxygen atoms in total. The fraction of sp³-hybridized carbons (Fsp3) is 0.938. The number of aliphatic hydroxyl groups is 1. The molecule has 0 aromatic carbocycles. The molecule has 0 spiro atoms. The molecular formula is C16H33F3IN3O2. The summed E-state index contributed by atoms with van der Waals surface area (Å²) in [5.74, 6) is 1.50. The molecule has 0 aliphatic rings. The molecule has 0 heterocycles. The summed E-state index contributed by atoms with van der Waals surface area (Å²) in [5, 5.41) is 15.3. The lowest BCUT2D eigenvalue weighted by molar-refractivity contribution is -0.173. The number of alkyl halides is 3. The Hall–Kier alpha value is -0.290. The zero-order valence-electron chi connectivity index (χ0n) is 15.4. The molecule has 1 unspecified atom stereocenters. The highest BCUT2D eigenvalue weighted by atomic mass is 127. The Balaban J connectivity index is 0. The molecule has 0 amide bonds. The van der Waals surface area contributed by atoms with E-state index in [9.17, 15) is 13.2 Å². The standard InChI is InChI=1S/C16H32F3N3O2.HI/c1-4-20-15(21-7-5-9-24-12-16(17,18)19)22-11-14(6-8-23)10-13(2)3;/h13-14,23H,4-12H2,1-3H3,(H2,20,21,22);1H. The van der Waals surface area contributed by atoms with Gasteiger partial charge in [-0.05, 0) is 38.0 Å². The van der Waals surface area contributed by atoms with E-state index in [0.29, 0.717) is 50.3 Å². The van der Waals surface area contributed by atoms with Gasteiger partial charge in [-0.25, -0.2) is 0 Å². The first-order valence-electron chi connectivity index (χ1n) is 8.56. The number of halogens is 4. The van der Waals surface area contributed by atoms with Crippen LogP contribution in [0.2, 0.25) is 0 Å². The lowest BCUT2D eigenvalue weighted by atomic mass is 9.94. The van der Waals surface area contributed by atoms with Gasteiger partial charge in [0.05, 0.1) is 0 Å². The van der Waals surface area contributed by atoms with Crippen molar-refractivity contribution in [3.8, 4) is 0 Å². The second-order valence-electron chi connectivity index (χ2n) is 6.18. The number of aliphatic hydroxyl groups excluding tert-OH is 1. The van der Waals surface area contributed by atoms with E-state index < -0.39 is 12.8 Å². The van der Waals surface area contributed by atoms with Crippen molar-refractivity contribution in [2.45, 2.75) is 46.2 Å². The van der Waals surface area contributed by atoms with E-state index in [1.54, 1.807) is 0 Å². The van der Waals surface area contributed by atoms with Crippen LogP contribution >= 0.6 is 24.0 Å². The van der Waals surface area contributed by atoms with Gasteiger partial charge < -0.3 is 20.5 Å². The first kappa shape index (κ1) is 26.9. The molecule has 0 aromatic heterocycles. The molecule has 0 rings (SSSR count). The van der Waals surface area contributed by atoms with Gasteiger partial charge in [0.15, 0.2) is 5.96 Å². The molecule has 0 fully saturated rings. The number of nitrogens with one attached hydrogen (secondary N) is 2. The van der Waals surface area contributed by atoms with E-state index in [4.69, 9.17) is 5.11 Å². The van der Waals surface area contributed by atoms with Crippen LogP contribution in [0, 0.1) is 11.8 Å². The van der Waals surface area contributed by atoms with Crippen molar-refractivity contribution in [2.75, 3.05) is 39.5 Å². The van der Waals surface area contributed by atoms with Crippen LogP contribution in [0.3, 0.4) is 0 Å². The molecular weight excluding hydrogens is 450 g/mol. The minimum absolute atomic E-state index is 0. The zero-order chi connectivity index (χ0) is 18.4. The van der Waals surface area contributed by atoms with Crippen LogP contribution in [0.5, 0.6) is 0 Å². The zero-order valence-corrected chi connectivity index (χ0v) is 17.7. The van der Waals surface area contributed by atoms with Crippen molar-refractivity contribution in [2.24, 2.45) is 16.8 Å². The second-order valence-corrected chi connectivity index (χ2v) is 6.18. The van der Waals surface area contributed by atoms with Crippen molar-refractivity contribution >= 4 is 29.9 Å². The monoisotopic (exact) mass is 483 g/mol. The largest absolute Gasteiger partial charge is 0.411 e. The summed E-state index contributed by atoms with van der Waals surface area (Å²) in [6, 6.07) is 0. The quantitative estimate of drug-likeness (QED) is 0.173. The molecule has 0 saturated carbocycles. The van der Waals surface area contributed by atoms with Crippen molar-refractivity contribution in [1.82, 2.24) is 10.6 Å². The van der Waals surface area contributed by atoms with E-state index >= 15 is 0 Å². The lowest BCUT2D eigenvalue weighted by Gasteiger charge is -2.17. The molecule has 0 aromatic rings. The Morgan fingerprint density at radius 3 is 2.44 bits per heavy atom. The van der Waals surface area contributed by atoms with Crippen LogP contribution in [-0.2, 0) is 4.74 Å². The normalized spacial score (nSPS) is 13.5. The SMILES string of the molecule is CCNC(=NCC(CCO)CC(C)C)NCCCOCC(F)(F)F.I. The van der Waals surface area contributed by atoms with Crippen LogP contribution in [0.1, 0.15) is 40.0 Å². The van der Waals surface area contributed by atoms with Gasteiger partial charge >= 0.3 is 6.18 Å². The maximum atomic E-state index is 11.9. The third-order valence-electron chi connectivity index (χ3n) is 3.22. The summed E-state index contributed by atoms with van der Waals surface area (Å²) < 4.78 is 40.4. The Morgan fingerprint density at radius 1 is 1.24 bits per heavy atom. The van der Waals surface area contributed by atoms with Crippen LogP contribution in [0.4, 0.5) is 13.2 Å². The molecule has 1 atom stereocenters. The van der Waals surface area contributed by atoms with E-state index in [-0.39, 0.29) is 37.2 Å². The van der Waals surface area contributed by atoms with Crippen molar-refractivity contribution in [3.63, 3.8) is 0 Å². The molecule has 3 N–H and O–H groups in total. The van der Waals surface area contributed by atoms with Gasteiger partial charge in [-0.15, -0.1) is 24.0 Å². The van der Waals surface area contributed by atoms with Gasteiger partial charge in [0.25, 0.3) is 0 Å². The van der Waals surface area contributed by atoms with Gasteiger partial charge in [-0.1, -0.05) is 13.8 Å². The summed E-state index contributed by atoms with van der Waals surface area (Å²) in [6.07, 6.45) is -2.10. The van der Waals surface area contributed by atoms with Crippen LogP contribution in [0.15, 0.2) is 4.99 Å². The summed E-state index contributed by atoms with van der Waals surface area (Å²) in [4.78, 5) is 4.51. The van der Waals surface area contributed by atoms with E-state index in [0.717, 1.165) is 6.42 Å². The van der Waals surface area contributed by atoms with E-state index in [1.165, 1.54) is 0 Å². The van der Waals surface area contributed by atoms with E-state index in [1.807, 2.05) is 6.92 Å². The van der Waals surface area contributed by atoms with Crippen LogP contribution in [0.25, 0.3) is 0 Å². The molecule has 9 heteroatoms. The Bertz CT molecular complexity index is 343. The van der Waals surface area contributed by atoms with Crippen molar-refractivity contribution in [3.05, 3.63) is 0 Å². The van der Waals surface area contributed by atoms with Crippen molar-refractivity contribution in [1.29, 1.82) is 0 Å². The third-order valence-corrected chi connectivity index (χ3v) is 3.22. The first-order valence-corrected chi connectivity index (χ1v) is 8.56. The number of hydrogen-bond donors (Lipinski definition) is 3. The Kier molecular flexibility index (Phi) is 17.2.